The summed E-state index contributed by atoms with van der Waals surface area (Å²) in [5.74, 6) is 3.06. The van der Waals surface area contributed by atoms with Crippen LogP contribution in [0.3, 0.4) is 0 Å². The molecule has 2 aromatic rings. The van der Waals surface area contributed by atoms with Gasteiger partial charge in [-0.15, -0.1) is 0 Å². The topological polar surface area (TPSA) is 49.8 Å². The quantitative estimate of drug-likeness (QED) is 0.861. The van der Waals surface area contributed by atoms with E-state index in [1.165, 1.54) is 5.56 Å². The van der Waals surface area contributed by atoms with Gasteiger partial charge in [0.1, 0.15) is 17.5 Å². The van der Waals surface area contributed by atoms with E-state index in [0.717, 1.165) is 35.1 Å². The van der Waals surface area contributed by atoms with Crippen LogP contribution in [-0.2, 0) is 6.42 Å². The number of hydrogen-bond donors (Lipinski definition) is 2. The lowest BCUT2D eigenvalue weighted by atomic mass is 10.0. The lowest BCUT2D eigenvalue weighted by Gasteiger charge is -2.17. The second kappa shape index (κ2) is 6.57. The zero-order valence-electron chi connectivity index (χ0n) is 13.5. The van der Waals surface area contributed by atoms with Gasteiger partial charge in [-0.2, -0.15) is 0 Å². The Morgan fingerprint density at radius 1 is 1.10 bits per heavy atom. The van der Waals surface area contributed by atoms with Gasteiger partial charge in [-0.05, 0) is 24.5 Å². The van der Waals surface area contributed by atoms with Crippen molar-refractivity contribution in [2.45, 2.75) is 40.0 Å². The molecule has 0 unspecified atom stereocenters. The van der Waals surface area contributed by atoms with Gasteiger partial charge in [0, 0.05) is 24.7 Å². The number of anilines is 3. The van der Waals surface area contributed by atoms with Crippen molar-refractivity contribution in [1.82, 2.24) is 9.97 Å². The Hall–Kier alpha value is -2.10. The molecule has 0 aliphatic heterocycles. The van der Waals surface area contributed by atoms with E-state index < -0.39 is 0 Å². The summed E-state index contributed by atoms with van der Waals surface area (Å²) < 4.78 is 0. The van der Waals surface area contributed by atoms with Crippen LogP contribution in [0.15, 0.2) is 24.3 Å². The zero-order chi connectivity index (χ0) is 15.4. The fraction of sp³-hybridized carbons (Fsp3) is 0.412. The highest BCUT2D eigenvalue weighted by Crippen LogP contribution is 2.29. The van der Waals surface area contributed by atoms with Gasteiger partial charge in [0.2, 0.25) is 0 Å². The maximum absolute atomic E-state index is 4.63. The van der Waals surface area contributed by atoms with Crippen LogP contribution in [0.1, 0.15) is 43.6 Å². The number of nitrogens with one attached hydrogen (secondary N) is 2. The standard InChI is InChI=1S/C17H24N4/c1-6-15-20-16(18-5)12(4)17(21-15)19-14-10-8-7-9-13(14)11(2)3/h7-11H,6H2,1-5H3,(H2,18,19,20,21). The monoisotopic (exact) mass is 284 g/mol. The summed E-state index contributed by atoms with van der Waals surface area (Å²) in [7, 11) is 1.89. The number of benzene rings is 1. The van der Waals surface area contributed by atoms with Crippen LogP contribution in [-0.4, -0.2) is 17.0 Å². The Kier molecular flexibility index (Phi) is 4.78. The third-order valence-electron chi connectivity index (χ3n) is 3.58. The maximum atomic E-state index is 4.63. The Bertz CT molecular complexity index is 620. The third-order valence-corrected chi connectivity index (χ3v) is 3.58. The fourth-order valence-electron chi connectivity index (χ4n) is 2.33. The molecule has 0 spiro atoms. The van der Waals surface area contributed by atoms with Crippen molar-refractivity contribution in [3.05, 3.63) is 41.2 Å². The summed E-state index contributed by atoms with van der Waals surface area (Å²) in [5, 5.41) is 6.62. The minimum atomic E-state index is 0.463. The van der Waals surface area contributed by atoms with Crippen LogP contribution >= 0.6 is 0 Å². The molecule has 0 saturated carbocycles. The van der Waals surface area contributed by atoms with E-state index in [2.05, 4.69) is 59.6 Å². The largest absolute Gasteiger partial charge is 0.373 e. The van der Waals surface area contributed by atoms with Crippen LogP contribution in [0.5, 0.6) is 0 Å². The molecule has 0 amide bonds. The molecule has 0 bridgehead atoms. The highest BCUT2D eigenvalue weighted by Gasteiger charge is 2.12. The van der Waals surface area contributed by atoms with Crippen molar-refractivity contribution in [1.29, 1.82) is 0 Å². The number of hydrogen-bond acceptors (Lipinski definition) is 4. The van der Waals surface area contributed by atoms with Gasteiger partial charge >= 0.3 is 0 Å². The predicted octanol–water partition coefficient (Wildman–Crippen LogP) is 4.26. The van der Waals surface area contributed by atoms with Gasteiger partial charge in [-0.3, -0.25) is 0 Å². The van der Waals surface area contributed by atoms with E-state index in [4.69, 9.17) is 0 Å². The molecule has 1 aromatic heterocycles. The molecule has 0 atom stereocenters. The van der Waals surface area contributed by atoms with Gasteiger partial charge in [0.05, 0.1) is 0 Å². The predicted molar refractivity (Wildman–Crippen MR) is 89.5 cm³/mol. The van der Waals surface area contributed by atoms with Crippen molar-refractivity contribution in [2.24, 2.45) is 0 Å². The molecule has 0 aliphatic rings. The van der Waals surface area contributed by atoms with Gasteiger partial charge < -0.3 is 10.6 Å². The lowest BCUT2D eigenvalue weighted by Crippen LogP contribution is -2.08. The minimum Gasteiger partial charge on any atom is -0.373 e. The van der Waals surface area contributed by atoms with E-state index in [9.17, 15) is 0 Å². The first-order valence-corrected chi connectivity index (χ1v) is 7.48. The van der Waals surface area contributed by atoms with E-state index >= 15 is 0 Å². The highest BCUT2D eigenvalue weighted by atomic mass is 15.1. The normalized spacial score (nSPS) is 10.8. The first-order valence-electron chi connectivity index (χ1n) is 7.48. The zero-order valence-corrected chi connectivity index (χ0v) is 13.5. The molecule has 1 aromatic carbocycles. The van der Waals surface area contributed by atoms with E-state index in [-0.39, 0.29) is 0 Å². The van der Waals surface area contributed by atoms with Crippen molar-refractivity contribution >= 4 is 17.3 Å². The summed E-state index contributed by atoms with van der Waals surface area (Å²) in [6.07, 6.45) is 0.815. The molecule has 0 fully saturated rings. The summed E-state index contributed by atoms with van der Waals surface area (Å²) in [5.41, 5.74) is 3.44. The molecular formula is C17H24N4. The highest BCUT2D eigenvalue weighted by molar-refractivity contribution is 5.67. The van der Waals surface area contributed by atoms with Crippen LogP contribution in [0.2, 0.25) is 0 Å². The second-order valence-corrected chi connectivity index (χ2v) is 5.43. The second-order valence-electron chi connectivity index (χ2n) is 5.43. The molecule has 2 rings (SSSR count). The van der Waals surface area contributed by atoms with Crippen LogP contribution in [0, 0.1) is 6.92 Å². The van der Waals surface area contributed by atoms with E-state index in [0.29, 0.717) is 5.92 Å². The number of rotatable bonds is 5. The third kappa shape index (κ3) is 3.32. The maximum Gasteiger partial charge on any atom is 0.139 e. The Morgan fingerprint density at radius 2 is 1.76 bits per heavy atom. The Labute approximate surface area is 127 Å². The molecular weight excluding hydrogens is 260 g/mol. The van der Waals surface area contributed by atoms with E-state index in [1.54, 1.807) is 0 Å². The van der Waals surface area contributed by atoms with Crippen LogP contribution < -0.4 is 10.6 Å². The summed E-state index contributed by atoms with van der Waals surface area (Å²) in [6.45, 7) is 8.50. The van der Waals surface area contributed by atoms with Crippen molar-refractivity contribution < 1.29 is 0 Å². The molecule has 0 aliphatic carbocycles. The Balaban J connectivity index is 2.44. The molecule has 1 heterocycles. The van der Waals surface area contributed by atoms with Crippen molar-refractivity contribution in [3.63, 3.8) is 0 Å². The average Bonchev–Trinajstić information content (AvgIpc) is 2.49. The van der Waals surface area contributed by atoms with Gasteiger partial charge in [-0.1, -0.05) is 39.0 Å². The van der Waals surface area contributed by atoms with Crippen molar-refractivity contribution in [2.75, 3.05) is 17.7 Å². The summed E-state index contributed by atoms with van der Waals surface area (Å²) in [4.78, 5) is 9.14. The molecule has 4 heteroatoms. The van der Waals surface area contributed by atoms with Crippen LogP contribution in [0.4, 0.5) is 17.3 Å². The van der Waals surface area contributed by atoms with E-state index in [1.807, 2.05) is 20.0 Å². The summed E-state index contributed by atoms with van der Waals surface area (Å²) in [6, 6.07) is 8.37. The fourth-order valence-corrected chi connectivity index (χ4v) is 2.33. The van der Waals surface area contributed by atoms with Gasteiger partial charge in [0.25, 0.3) is 0 Å². The number of aromatic nitrogens is 2. The van der Waals surface area contributed by atoms with Crippen LogP contribution in [0.25, 0.3) is 0 Å². The molecule has 112 valence electrons. The van der Waals surface area contributed by atoms with Crippen molar-refractivity contribution in [3.8, 4) is 0 Å². The minimum absolute atomic E-state index is 0.463. The molecule has 0 radical (unpaired) electrons. The Morgan fingerprint density at radius 3 is 2.38 bits per heavy atom. The first-order chi connectivity index (χ1) is 10.1. The van der Waals surface area contributed by atoms with Gasteiger partial charge in [-0.25, -0.2) is 9.97 Å². The number of para-hydroxylation sites is 1. The smallest absolute Gasteiger partial charge is 0.139 e. The average molecular weight is 284 g/mol. The SMILES string of the molecule is CCc1nc(NC)c(C)c(Nc2ccccc2C(C)C)n1. The van der Waals surface area contributed by atoms with Gasteiger partial charge in [0.15, 0.2) is 0 Å². The summed E-state index contributed by atoms with van der Waals surface area (Å²) >= 11 is 0. The number of nitrogens with zero attached hydrogens (tertiary/aromatic N) is 2. The lowest BCUT2D eigenvalue weighted by molar-refractivity contribution is 0.868. The molecule has 21 heavy (non-hydrogen) atoms. The molecule has 0 saturated heterocycles. The molecule has 2 N–H and O–H groups in total. The molecule has 4 nitrogen and oxygen atoms in total. The first kappa shape index (κ1) is 15.3. The number of aryl methyl sites for hydroxylation is 1.